The van der Waals surface area contributed by atoms with Gasteiger partial charge < -0.3 is 4.74 Å². The van der Waals surface area contributed by atoms with Crippen molar-refractivity contribution in [2.24, 2.45) is 0 Å². The molecule has 2 aliphatic rings. The van der Waals surface area contributed by atoms with Crippen LogP contribution in [0.5, 0.6) is 0 Å². The molecule has 1 saturated heterocycles. The number of thiazole rings is 1. The van der Waals surface area contributed by atoms with Crippen LogP contribution < -0.4 is 4.90 Å². The van der Waals surface area contributed by atoms with Crippen LogP contribution >= 0.6 is 34.5 Å². The summed E-state index contributed by atoms with van der Waals surface area (Å²) in [5.74, 6) is 0.142. The second-order valence-corrected chi connectivity index (χ2v) is 11.2. The fourth-order valence-corrected chi connectivity index (χ4v) is 6.81. The lowest BCUT2D eigenvalue weighted by Crippen LogP contribution is -2.49. The number of morpholine rings is 1. The summed E-state index contributed by atoms with van der Waals surface area (Å²) in [6.07, 6.45) is 3.77. The summed E-state index contributed by atoms with van der Waals surface area (Å²) in [4.78, 5) is 23.7. The summed E-state index contributed by atoms with van der Waals surface area (Å²) in [6, 6.07) is 11.7. The number of aryl methyl sites for hydroxylation is 1. The second kappa shape index (κ2) is 10.1. The summed E-state index contributed by atoms with van der Waals surface area (Å²) in [6.45, 7) is 6.66. The van der Waals surface area contributed by atoms with Crippen molar-refractivity contribution in [2.45, 2.75) is 38.0 Å². The van der Waals surface area contributed by atoms with Crippen LogP contribution in [0.2, 0.25) is 10.0 Å². The van der Waals surface area contributed by atoms with Crippen LogP contribution in [0, 0.1) is 6.92 Å². The maximum atomic E-state index is 14.4. The molecule has 180 valence electrons. The van der Waals surface area contributed by atoms with Gasteiger partial charge in [-0.25, -0.2) is 4.98 Å². The van der Waals surface area contributed by atoms with Crippen molar-refractivity contribution in [3.05, 3.63) is 57.6 Å². The Labute approximate surface area is 214 Å². The van der Waals surface area contributed by atoms with Gasteiger partial charge in [0.2, 0.25) is 5.91 Å². The monoisotopic (exact) mass is 517 g/mol. The van der Waals surface area contributed by atoms with Crippen molar-refractivity contribution < 1.29 is 9.53 Å². The van der Waals surface area contributed by atoms with E-state index < -0.39 is 5.41 Å². The summed E-state index contributed by atoms with van der Waals surface area (Å²) < 4.78 is 6.52. The molecule has 0 radical (unpaired) electrons. The SMILES string of the molecule is Cc1cc(Cl)cc2sc(N(CCN3CCOCC3)C(=O)C3(c4ccc(Cl)cc4)CCCC3)nc12. The van der Waals surface area contributed by atoms with Crippen LogP contribution in [-0.4, -0.2) is 55.2 Å². The van der Waals surface area contributed by atoms with Gasteiger partial charge in [-0.3, -0.25) is 14.6 Å². The summed E-state index contributed by atoms with van der Waals surface area (Å²) >= 11 is 14.1. The molecule has 0 bridgehead atoms. The molecular weight excluding hydrogens is 489 g/mol. The Bertz CT molecular complexity index is 1170. The number of halogens is 2. The molecule has 0 spiro atoms. The van der Waals surface area contributed by atoms with Gasteiger partial charge in [-0.2, -0.15) is 0 Å². The molecule has 5 nitrogen and oxygen atoms in total. The standard InChI is InChI=1S/C26H29Cl2N3O2S/c1-18-16-21(28)17-22-23(18)29-25(34-22)31(11-10-30-12-14-33-15-13-30)24(32)26(8-2-3-9-26)19-4-6-20(27)7-5-19/h4-7,16-17H,2-3,8-15H2,1H3. The van der Waals surface area contributed by atoms with E-state index in [0.29, 0.717) is 16.6 Å². The van der Waals surface area contributed by atoms with Crippen molar-refractivity contribution in [3.8, 4) is 0 Å². The first-order valence-electron chi connectivity index (χ1n) is 11.9. The number of carbonyl (C=O) groups excluding carboxylic acids is 1. The van der Waals surface area contributed by atoms with Gasteiger partial charge in [0.25, 0.3) is 0 Å². The van der Waals surface area contributed by atoms with Crippen molar-refractivity contribution in [2.75, 3.05) is 44.3 Å². The lowest BCUT2D eigenvalue weighted by Gasteiger charge is -2.35. The van der Waals surface area contributed by atoms with Crippen LogP contribution in [-0.2, 0) is 14.9 Å². The Balaban J connectivity index is 1.53. The fourth-order valence-electron chi connectivity index (χ4n) is 5.24. The number of rotatable bonds is 6. The van der Waals surface area contributed by atoms with Crippen LogP contribution in [0.4, 0.5) is 5.13 Å². The summed E-state index contributed by atoms with van der Waals surface area (Å²) in [7, 11) is 0. The van der Waals surface area contributed by atoms with Crippen LogP contribution in [0.3, 0.4) is 0 Å². The molecule has 2 fully saturated rings. The first kappa shape index (κ1) is 24.0. The van der Waals surface area contributed by atoms with Crippen LogP contribution in [0.25, 0.3) is 10.2 Å². The average Bonchev–Trinajstić information content (AvgIpc) is 3.49. The smallest absolute Gasteiger partial charge is 0.239 e. The predicted molar refractivity (Wildman–Crippen MR) is 141 cm³/mol. The number of hydrogen-bond acceptors (Lipinski definition) is 5. The molecule has 1 saturated carbocycles. The van der Waals surface area contributed by atoms with E-state index in [0.717, 1.165) is 85.0 Å². The molecule has 0 unspecified atom stereocenters. The third-order valence-corrected chi connectivity index (χ3v) is 8.62. The molecule has 1 amide bonds. The number of benzene rings is 2. The highest BCUT2D eigenvalue weighted by Crippen LogP contribution is 2.44. The number of anilines is 1. The molecule has 8 heteroatoms. The maximum Gasteiger partial charge on any atom is 0.239 e. The van der Waals surface area contributed by atoms with Gasteiger partial charge >= 0.3 is 0 Å². The molecule has 0 atom stereocenters. The number of aromatic nitrogens is 1. The van der Waals surface area contributed by atoms with E-state index in [1.165, 1.54) is 0 Å². The zero-order valence-corrected chi connectivity index (χ0v) is 21.7. The Kier molecular flexibility index (Phi) is 7.14. The zero-order valence-electron chi connectivity index (χ0n) is 19.4. The quantitative estimate of drug-likeness (QED) is 0.396. The molecule has 1 aliphatic carbocycles. The number of fused-ring (bicyclic) bond motifs is 1. The Morgan fingerprint density at radius 3 is 2.53 bits per heavy atom. The van der Waals surface area contributed by atoms with Crippen LogP contribution in [0.15, 0.2) is 36.4 Å². The highest BCUT2D eigenvalue weighted by molar-refractivity contribution is 7.22. The molecule has 1 aliphatic heterocycles. The first-order chi connectivity index (χ1) is 16.5. The van der Waals surface area contributed by atoms with E-state index in [1.54, 1.807) is 11.3 Å². The lowest BCUT2D eigenvalue weighted by molar-refractivity contribution is -0.124. The van der Waals surface area contributed by atoms with E-state index in [4.69, 9.17) is 32.9 Å². The summed E-state index contributed by atoms with van der Waals surface area (Å²) in [5.41, 5.74) is 2.45. The molecule has 0 N–H and O–H groups in total. The second-order valence-electron chi connectivity index (χ2n) is 9.27. The van der Waals surface area contributed by atoms with Crippen molar-refractivity contribution in [3.63, 3.8) is 0 Å². The highest BCUT2D eigenvalue weighted by atomic mass is 35.5. The van der Waals surface area contributed by atoms with Gasteiger partial charge in [0.1, 0.15) is 0 Å². The molecule has 2 heterocycles. The van der Waals surface area contributed by atoms with Gasteiger partial charge in [-0.1, -0.05) is 59.5 Å². The van der Waals surface area contributed by atoms with Crippen LogP contribution in [0.1, 0.15) is 36.8 Å². The number of ether oxygens (including phenoxy) is 1. The van der Waals surface area contributed by atoms with E-state index in [-0.39, 0.29) is 5.91 Å². The lowest BCUT2D eigenvalue weighted by atomic mass is 9.77. The fraction of sp³-hybridized carbons (Fsp3) is 0.462. The summed E-state index contributed by atoms with van der Waals surface area (Å²) in [5, 5.41) is 2.13. The number of amides is 1. The number of carbonyl (C=O) groups is 1. The largest absolute Gasteiger partial charge is 0.379 e. The number of hydrogen-bond donors (Lipinski definition) is 0. The van der Waals surface area contributed by atoms with E-state index in [1.807, 2.05) is 48.2 Å². The van der Waals surface area contributed by atoms with Gasteiger partial charge in [-0.15, -0.1) is 0 Å². The third-order valence-electron chi connectivity index (χ3n) is 7.12. The minimum Gasteiger partial charge on any atom is -0.379 e. The molecule has 3 aromatic rings. The Morgan fingerprint density at radius 2 is 1.82 bits per heavy atom. The Morgan fingerprint density at radius 1 is 1.12 bits per heavy atom. The van der Waals surface area contributed by atoms with Crippen molar-refractivity contribution in [1.82, 2.24) is 9.88 Å². The molecule has 2 aromatic carbocycles. The van der Waals surface area contributed by atoms with E-state index in [2.05, 4.69) is 4.90 Å². The first-order valence-corrected chi connectivity index (χ1v) is 13.5. The maximum absolute atomic E-state index is 14.4. The third kappa shape index (κ3) is 4.71. The van der Waals surface area contributed by atoms with Crippen molar-refractivity contribution >= 4 is 55.8 Å². The van der Waals surface area contributed by atoms with Gasteiger partial charge in [0.15, 0.2) is 5.13 Å². The molecule has 34 heavy (non-hydrogen) atoms. The van der Waals surface area contributed by atoms with E-state index >= 15 is 0 Å². The highest BCUT2D eigenvalue weighted by Gasteiger charge is 2.46. The van der Waals surface area contributed by atoms with Gasteiger partial charge in [0.05, 0.1) is 28.8 Å². The van der Waals surface area contributed by atoms with Crippen molar-refractivity contribution in [1.29, 1.82) is 0 Å². The normalized spacial score (nSPS) is 18.4. The molecular formula is C26H29Cl2N3O2S. The van der Waals surface area contributed by atoms with Gasteiger partial charge in [-0.05, 0) is 55.2 Å². The average molecular weight is 519 g/mol. The number of nitrogens with zero attached hydrogens (tertiary/aromatic N) is 3. The van der Waals surface area contributed by atoms with E-state index in [9.17, 15) is 4.79 Å². The Hall–Kier alpha value is -1.70. The topological polar surface area (TPSA) is 45.7 Å². The minimum atomic E-state index is -0.542. The molecule has 1 aromatic heterocycles. The minimum absolute atomic E-state index is 0.142. The molecule has 5 rings (SSSR count). The predicted octanol–water partition coefficient (Wildman–Crippen LogP) is 6.09. The van der Waals surface area contributed by atoms with Gasteiger partial charge in [0, 0.05) is 36.2 Å². The zero-order chi connectivity index (χ0) is 23.7.